The average molecular weight is 487 g/mol. The fraction of sp³-hybridized carbons (Fsp3) is 0.273. The van der Waals surface area contributed by atoms with Gasteiger partial charge in [-0.1, -0.05) is 18.6 Å². The summed E-state index contributed by atoms with van der Waals surface area (Å²) in [7, 11) is 0. The number of hydrogen-bond acceptors (Lipinski definition) is 4. The zero-order valence-corrected chi connectivity index (χ0v) is 17.6. The van der Waals surface area contributed by atoms with Gasteiger partial charge in [-0.3, -0.25) is 19.7 Å². The van der Waals surface area contributed by atoms with E-state index in [0.29, 0.717) is 16.3 Å². The maximum Gasteiger partial charge on any atom is 0.258 e. The number of benzene rings is 2. The van der Waals surface area contributed by atoms with Crippen molar-refractivity contribution in [3.8, 4) is 5.88 Å². The van der Waals surface area contributed by atoms with Crippen molar-refractivity contribution in [2.45, 2.75) is 25.8 Å². The summed E-state index contributed by atoms with van der Waals surface area (Å²) in [6.45, 7) is 3.34. The predicted molar refractivity (Wildman–Crippen MR) is 122 cm³/mol. The number of halogens is 1. The van der Waals surface area contributed by atoms with Crippen molar-refractivity contribution in [3.63, 3.8) is 0 Å². The fourth-order valence-electron chi connectivity index (χ4n) is 3.64. The van der Waals surface area contributed by atoms with E-state index in [1.807, 2.05) is 24.3 Å². The molecule has 3 aromatic rings. The Labute approximate surface area is 177 Å². The standard InChI is InChI=1S/C22H22IN3O2/c23-16-6-9-18-19(12-16)20(22(28)25-21(18)27)13-24-17-7-4-15(5-8-17)14-26-10-2-1-3-11-26/h4-9,12-13H,1-3,10-11,14H2,(H2,25,27,28). The summed E-state index contributed by atoms with van der Waals surface area (Å²) in [4.78, 5) is 21.6. The fourth-order valence-corrected chi connectivity index (χ4v) is 4.13. The molecule has 5 nitrogen and oxygen atoms in total. The highest BCUT2D eigenvalue weighted by Gasteiger charge is 2.11. The molecular formula is C22H22IN3O2. The van der Waals surface area contributed by atoms with Gasteiger partial charge >= 0.3 is 0 Å². The Bertz CT molecular complexity index is 1070. The van der Waals surface area contributed by atoms with Gasteiger partial charge in [-0.05, 0) is 84.4 Å². The van der Waals surface area contributed by atoms with Crippen molar-refractivity contribution >= 4 is 45.3 Å². The number of pyridine rings is 1. The number of nitrogens with one attached hydrogen (secondary N) is 1. The van der Waals surface area contributed by atoms with Crippen molar-refractivity contribution in [1.29, 1.82) is 0 Å². The molecule has 0 amide bonds. The smallest absolute Gasteiger partial charge is 0.258 e. The van der Waals surface area contributed by atoms with Crippen LogP contribution in [0.4, 0.5) is 5.69 Å². The SMILES string of the molecule is O=c1[nH]c(O)c(C=Nc2ccc(CN3CCCCC3)cc2)c2cc(I)ccc12. The first kappa shape index (κ1) is 19.1. The van der Waals surface area contributed by atoms with Crippen LogP contribution in [0.15, 0.2) is 52.3 Å². The van der Waals surface area contributed by atoms with Gasteiger partial charge in [0.05, 0.1) is 11.3 Å². The number of aromatic hydroxyl groups is 1. The lowest BCUT2D eigenvalue weighted by atomic mass is 10.1. The van der Waals surface area contributed by atoms with Gasteiger partial charge in [0.2, 0.25) is 5.88 Å². The van der Waals surface area contributed by atoms with Crippen LogP contribution in [0.1, 0.15) is 30.4 Å². The highest BCUT2D eigenvalue weighted by molar-refractivity contribution is 14.1. The molecule has 4 rings (SSSR count). The van der Waals surface area contributed by atoms with Crippen LogP contribution in [0.2, 0.25) is 0 Å². The number of fused-ring (bicyclic) bond motifs is 1. The van der Waals surface area contributed by atoms with Gasteiger partial charge in [0.15, 0.2) is 0 Å². The molecule has 28 heavy (non-hydrogen) atoms. The molecule has 1 fully saturated rings. The van der Waals surface area contributed by atoms with Crippen LogP contribution < -0.4 is 5.56 Å². The van der Waals surface area contributed by atoms with E-state index in [4.69, 9.17) is 0 Å². The van der Waals surface area contributed by atoms with Crippen LogP contribution in [0.3, 0.4) is 0 Å². The minimum Gasteiger partial charge on any atom is -0.494 e. The highest BCUT2D eigenvalue weighted by Crippen LogP contribution is 2.24. The van der Waals surface area contributed by atoms with Gasteiger partial charge in [-0.25, -0.2) is 0 Å². The molecule has 0 bridgehead atoms. The molecule has 2 N–H and O–H groups in total. The van der Waals surface area contributed by atoms with E-state index in [9.17, 15) is 9.90 Å². The first-order chi connectivity index (χ1) is 13.6. The number of aromatic nitrogens is 1. The van der Waals surface area contributed by atoms with Gasteiger partial charge in [0, 0.05) is 27.1 Å². The molecule has 1 aromatic heterocycles. The monoisotopic (exact) mass is 487 g/mol. The van der Waals surface area contributed by atoms with Crippen molar-refractivity contribution < 1.29 is 5.11 Å². The Morgan fingerprint density at radius 2 is 1.82 bits per heavy atom. The lowest BCUT2D eigenvalue weighted by molar-refractivity contribution is 0.221. The van der Waals surface area contributed by atoms with Gasteiger partial charge in [0.1, 0.15) is 0 Å². The van der Waals surface area contributed by atoms with Crippen molar-refractivity contribution in [3.05, 3.63) is 67.5 Å². The molecular weight excluding hydrogens is 465 g/mol. The van der Waals surface area contributed by atoms with Crippen LogP contribution >= 0.6 is 22.6 Å². The van der Waals surface area contributed by atoms with Crippen molar-refractivity contribution in [1.82, 2.24) is 9.88 Å². The Morgan fingerprint density at radius 3 is 2.57 bits per heavy atom. The normalized spacial score (nSPS) is 15.5. The molecule has 0 radical (unpaired) electrons. The summed E-state index contributed by atoms with van der Waals surface area (Å²) in [6, 6.07) is 13.7. The first-order valence-corrected chi connectivity index (χ1v) is 10.6. The molecule has 6 heteroatoms. The molecule has 0 aliphatic carbocycles. The molecule has 0 spiro atoms. The predicted octanol–water partition coefficient (Wildman–Crippen LogP) is 4.57. The Morgan fingerprint density at radius 1 is 1.07 bits per heavy atom. The molecule has 2 aromatic carbocycles. The number of nitrogens with zero attached hydrogens (tertiary/aromatic N) is 2. The number of aromatic amines is 1. The maximum atomic E-state index is 12.1. The Balaban J connectivity index is 1.57. The highest BCUT2D eigenvalue weighted by atomic mass is 127. The molecule has 1 aliphatic rings. The van der Waals surface area contributed by atoms with E-state index >= 15 is 0 Å². The van der Waals surface area contributed by atoms with Gasteiger partial charge in [-0.2, -0.15) is 0 Å². The van der Waals surface area contributed by atoms with E-state index < -0.39 is 0 Å². The van der Waals surface area contributed by atoms with E-state index in [-0.39, 0.29) is 11.4 Å². The van der Waals surface area contributed by atoms with E-state index in [2.05, 4.69) is 49.6 Å². The summed E-state index contributed by atoms with van der Waals surface area (Å²) in [5.74, 6) is -0.162. The number of hydrogen-bond donors (Lipinski definition) is 2. The number of H-pyrrole nitrogens is 1. The van der Waals surface area contributed by atoms with Gasteiger partial charge in [0.25, 0.3) is 5.56 Å². The summed E-state index contributed by atoms with van der Waals surface area (Å²) in [5.41, 5.74) is 2.31. The third-order valence-corrected chi connectivity index (χ3v) is 5.81. The van der Waals surface area contributed by atoms with Gasteiger partial charge < -0.3 is 5.11 Å². The second-order valence-corrected chi connectivity index (χ2v) is 8.41. The zero-order chi connectivity index (χ0) is 19.5. The third kappa shape index (κ3) is 4.28. The first-order valence-electron chi connectivity index (χ1n) is 9.50. The van der Waals surface area contributed by atoms with Crippen LogP contribution in [0.25, 0.3) is 10.8 Å². The van der Waals surface area contributed by atoms with Crippen LogP contribution in [-0.2, 0) is 6.54 Å². The largest absolute Gasteiger partial charge is 0.494 e. The maximum absolute atomic E-state index is 12.1. The second kappa shape index (κ2) is 8.45. The van der Waals surface area contributed by atoms with Crippen molar-refractivity contribution in [2.24, 2.45) is 4.99 Å². The number of rotatable bonds is 4. The molecule has 144 valence electrons. The van der Waals surface area contributed by atoms with Gasteiger partial charge in [-0.15, -0.1) is 0 Å². The topological polar surface area (TPSA) is 68.7 Å². The molecule has 0 saturated carbocycles. The molecule has 1 aliphatic heterocycles. The number of likely N-dealkylation sites (tertiary alicyclic amines) is 1. The molecule has 2 heterocycles. The van der Waals surface area contributed by atoms with Crippen LogP contribution in [-0.4, -0.2) is 34.3 Å². The molecule has 1 saturated heterocycles. The molecule has 0 unspecified atom stereocenters. The van der Waals surface area contributed by atoms with E-state index in [1.165, 1.54) is 37.9 Å². The number of aliphatic imine (C=N–C) groups is 1. The summed E-state index contributed by atoms with van der Waals surface area (Å²) in [5, 5.41) is 11.5. The lowest BCUT2D eigenvalue weighted by Crippen LogP contribution is -2.28. The average Bonchev–Trinajstić information content (AvgIpc) is 2.69. The zero-order valence-electron chi connectivity index (χ0n) is 15.5. The van der Waals surface area contributed by atoms with E-state index in [0.717, 1.165) is 15.8 Å². The van der Waals surface area contributed by atoms with Crippen molar-refractivity contribution in [2.75, 3.05) is 13.1 Å². The number of piperidine rings is 1. The summed E-state index contributed by atoms with van der Waals surface area (Å²) >= 11 is 2.19. The van der Waals surface area contributed by atoms with E-state index in [1.54, 1.807) is 12.3 Å². The summed E-state index contributed by atoms with van der Waals surface area (Å²) in [6.07, 6.45) is 5.54. The quantitative estimate of drug-likeness (QED) is 0.419. The Hall–Kier alpha value is -2.19. The van der Waals surface area contributed by atoms with Crippen LogP contribution in [0.5, 0.6) is 5.88 Å². The minimum atomic E-state index is -0.303. The Kier molecular flexibility index (Phi) is 5.77. The van der Waals surface area contributed by atoms with Crippen LogP contribution in [0, 0.1) is 3.57 Å². The molecule has 0 atom stereocenters. The summed E-state index contributed by atoms with van der Waals surface area (Å²) < 4.78 is 0.992. The second-order valence-electron chi connectivity index (χ2n) is 7.17. The lowest BCUT2D eigenvalue weighted by Gasteiger charge is -2.26. The minimum absolute atomic E-state index is 0.162. The third-order valence-electron chi connectivity index (χ3n) is 5.14.